The van der Waals surface area contributed by atoms with Gasteiger partial charge in [0.25, 0.3) is 0 Å². The Morgan fingerprint density at radius 3 is 2.65 bits per heavy atom. The Hall–Kier alpha value is -2.01. The van der Waals surface area contributed by atoms with Gasteiger partial charge in [0.1, 0.15) is 5.76 Å². The lowest BCUT2D eigenvalue weighted by molar-refractivity contribution is 0.503. The van der Waals surface area contributed by atoms with Crippen LogP contribution in [0.2, 0.25) is 0 Å². The second-order valence-corrected chi connectivity index (χ2v) is 3.79. The molecule has 0 saturated carbocycles. The van der Waals surface area contributed by atoms with Crippen LogP contribution in [0.5, 0.6) is 0 Å². The molecular formula is C12H13N3OS. The van der Waals surface area contributed by atoms with Gasteiger partial charge in [0.15, 0.2) is 5.11 Å². The molecule has 0 unspecified atom stereocenters. The van der Waals surface area contributed by atoms with Gasteiger partial charge in [-0.1, -0.05) is 18.2 Å². The van der Waals surface area contributed by atoms with Gasteiger partial charge in [-0.25, -0.2) is 0 Å². The largest absolute Gasteiger partial charge is 0.467 e. The zero-order valence-corrected chi connectivity index (χ0v) is 9.96. The summed E-state index contributed by atoms with van der Waals surface area (Å²) in [5.74, 6) is 0.842. The summed E-state index contributed by atoms with van der Waals surface area (Å²) in [5.41, 5.74) is 6.83. The van der Waals surface area contributed by atoms with Crippen LogP contribution in [0.15, 0.2) is 53.1 Å². The monoisotopic (exact) mass is 247 g/mol. The molecule has 2 rings (SSSR count). The number of hydrogen-bond donors (Lipinski definition) is 3. The molecule has 0 aliphatic heterocycles. The number of rotatable bonds is 4. The predicted octanol–water partition coefficient (Wildman–Crippen LogP) is 2.27. The van der Waals surface area contributed by atoms with Gasteiger partial charge in [-0.15, -0.1) is 0 Å². The summed E-state index contributed by atoms with van der Waals surface area (Å²) < 4.78 is 5.18. The molecule has 1 aromatic heterocycles. The van der Waals surface area contributed by atoms with Crippen LogP contribution >= 0.6 is 12.2 Å². The number of nitrogens with one attached hydrogen (secondary N) is 3. The molecule has 5 heteroatoms. The molecular weight excluding hydrogens is 234 g/mol. The van der Waals surface area contributed by atoms with E-state index in [9.17, 15) is 0 Å². The van der Waals surface area contributed by atoms with E-state index in [-0.39, 0.29) is 0 Å². The maximum absolute atomic E-state index is 5.18. The van der Waals surface area contributed by atoms with Gasteiger partial charge in [0.2, 0.25) is 0 Å². The Kier molecular flexibility index (Phi) is 3.99. The molecule has 0 fully saturated rings. The van der Waals surface area contributed by atoms with E-state index in [1.165, 1.54) is 0 Å². The van der Waals surface area contributed by atoms with Gasteiger partial charge in [0.05, 0.1) is 18.5 Å². The van der Waals surface area contributed by atoms with Crippen molar-refractivity contribution in [3.63, 3.8) is 0 Å². The lowest BCUT2D eigenvalue weighted by Crippen LogP contribution is -2.38. The molecule has 0 amide bonds. The van der Waals surface area contributed by atoms with Crippen molar-refractivity contribution in [1.29, 1.82) is 0 Å². The van der Waals surface area contributed by atoms with E-state index in [1.54, 1.807) is 6.26 Å². The standard InChI is InChI=1S/C12H13N3OS/c17-12(13-9-11-7-4-8-16-11)15-14-10-5-2-1-3-6-10/h1-8,14H,9H2,(H2,13,15,17). The maximum atomic E-state index is 5.18. The number of hydrazine groups is 1. The Morgan fingerprint density at radius 1 is 1.12 bits per heavy atom. The fourth-order valence-corrected chi connectivity index (χ4v) is 1.40. The molecule has 0 aliphatic rings. The zero-order chi connectivity index (χ0) is 11.9. The van der Waals surface area contributed by atoms with E-state index in [0.29, 0.717) is 11.7 Å². The molecule has 0 atom stereocenters. The van der Waals surface area contributed by atoms with Gasteiger partial charge in [-0.05, 0) is 36.5 Å². The highest BCUT2D eigenvalue weighted by atomic mass is 32.1. The first-order valence-electron chi connectivity index (χ1n) is 5.22. The summed E-state index contributed by atoms with van der Waals surface area (Å²) in [5, 5.41) is 3.54. The van der Waals surface area contributed by atoms with E-state index in [4.69, 9.17) is 16.6 Å². The van der Waals surface area contributed by atoms with Crippen molar-refractivity contribution in [2.45, 2.75) is 6.54 Å². The molecule has 1 heterocycles. The van der Waals surface area contributed by atoms with Crippen LogP contribution in [0.3, 0.4) is 0 Å². The molecule has 1 aromatic carbocycles. The first kappa shape index (κ1) is 11.5. The van der Waals surface area contributed by atoms with Crippen molar-refractivity contribution >= 4 is 23.0 Å². The highest BCUT2D eigenvalue weighted by molar-refractivity contribution is 7.80. The zero-order valence-electron chi connectivity index (χ0n) is 9.14. The quantitative estimate of drug-likeness (QED) is 0.571. The lowest BCUT2D eigenvalue weighted by atomic mass is 10.3. The fraction of sp³-hybridized carbons (Fsp3) is 0.0833. The predicted molar refractivity (Wildman–Crippen MR) is 71.3 cm³/mol. The summed E-state index contributed by atoms with van der Waals surface area (Å²) >= 11 is 5.10. The van der Waals surface area contributed by atoms with Crippen molar-refractivity contribution in [3.05, 3.63) is 54.5 Å². The molecule has 0 bridgehead atoms. The van der Waals surface area contributed by atoms with Crippen LogP contribution in [-0.4, -0.2) is 5.11 Å². The highest BCUT2D eigenvalue weighted by Gasteiger charge is 1.97. The number of thiocarbonyl (C=S) groups is 1. The van der Waals surface area contributed by atoms with Crippen LogP contribution in [0.1, 0.15) is 5.76 Å². The van der Waals surface area contributed by atoms with Crippen molar-refractivity contribution in [2.75, 3.05) is 5.43 Å². The van der Waals surface area contributed by atoms with Gasteiger partial charge < -0.3 is 9.73 Å². The SMILES string of the molecule is S=C(NCc1ccco1)NNc1ccccc1. The van der Waals surface area contributed by atoms with Crippen LogP contribution in [0.25, 0.3) is 0 Å². The lowest BCUT2D eigenvalue weighted by Gasteiger charge is -2.11. The minimum Gasteiger partial charge on any atom is -0.467 e. The van der Waals surface area contributed by atoms with Gasteiger partial charge in [0, 0.05) is 0 Å². The third kappa shape index (κ3) is 3.81. The average Bonchev–Trinajstić information content (AvgIpc) is 2.88. The second-order valence-electron chi connectivity index (χ2n) is 3.38. The van der Waals surface area contributed by atoms with Crippen LogP contribution in [-0.2, 0) is 6.54 Å². The minimum atomic E-state index is 0.519. The van der Waals surface area contributed by atoms with Crippen molar-refractivity contribution in [3.8, 4) is 0 Å². The van der Waals surface area contributed by atoms with Gasteiger partial charge in [-0.2, -0.15) is 0 Å². The highest BCUT2D eigenvalue weighted by Crippen LogP contribution is 2.02. The average molecular weight is 247 g/mol. The Bertz CT molecular complexity index is 456. The number of para-hydroxylation sites is 1. The minimum absolute atomic E-state index is 0.519. The first-order chi connectivity index (χ1) is 8.34. The van der Waals surface area contributed by atoms with Gasteiger partial charge >= 0.3 is 0 Å². The first-order valence-corrected chi connectivity index (χ1v) is 5.63. The van der Waals surface area contributed by atoms with Crippen molar-refractivity contribution in [2.24, 2.45) is 0 Å². The normalized spacial score (nSPS) is 9.65. The number of anilines is 1. The summed E-state index contributed by atoms with van der Waals surface area (Å²) in [6.07, 6.45) is 1.63. The van der Waals surface area contributed by atoms with E-state index in [0.717, 1.165) is 11.4 Å². The molecule has 2 aromatic rings. The Labute approximate surface area is 105 Å². The van der Waals surface area contributed by atoms with E-state index >= 15 is 0 Å². The third-order valence-corrected chi connectivity index (χ3v) is 2.34. The van der Waals surface area contributed by atoms with E-state index in [2.05, 4.69) is 16.2 Å². The number of benzene rings is 1. The molecule has 0 aliphatic carbocycles. The number of furan rings is 1. The molecule has 0 spiro atoms. The molecule has 3 N–H and O–H groups in total. The van der Waals surface area contributed by atoms with Crippen LogP contribution in [0.4, 0.5) is 5.69 Å². The van der Waals surface area contributed by atoms with Crippen molar-refractivity contribution in [1.82, 2.24) is 10.7 Å². The van der Waals surface area contributed by atoms with Crippen LogP contribution in [0, 0.1) is 0 Å². The molecule has 4 nitrogen and oxygen atoms in total. The molecule has 17 heavy (non-hydrogen) atoms. The third-order valence-electron chi connectivity index (χ3n) is 2.10. The molecule has 88 valence electrons. The van der Waals surface area contributed by atoms with E-state index < -0.39 is 0 Å². The smallest absolute Gasteiger partial charge is 0.185 e. The summed E-state index contributed by atoms with van der Waals surface area (Å²) in [4.78, 5) is 0. The van der Waals surface area contributed by atoms with E-state index in [1.807, 2.05) is 42.5 Å². The van der Waals surface area contributed by atoms with Gasteiger partial charge in [-0.3, -0.25) is 10.9 Å². The summed E-state index contributed by atoms with van der Waals surface area (Å²) in [6.45, 7) is 0.565. The summed E-state index contributed by atoms with van der Waals surface area (Å²) in [6, 6.07) is 13.5. The van der Waals surface area contributed by atoms with Crippen LogP contribution < -0.4 is 16.2 Å². The second kappa shape index (κ2) is 5.91. The molecule has 0 radical (unpaired) electrons. The summed E-state index contributed by atoms with van der Waals surface area (Å²) in [7, 11) is 0. The Balaban J connectivity index is 1.71. The van der Waals surface area contributed by atoms with Crippen molar-refractivity contribution < 1.29 is 4.42 Å². The number of hydrogen-bond acceptors (Lipinski definition) is 3. The fourth-order valence-electron chi connectivity index (χ4n) is 1.28. The molecule has 0 saturated heterocycles. The maximum Gasteiger partial charge on any atom is 0.185 e. The Morgan fingerprint density at radius 2 is 1.94 bits per heavy atom. The topological polar surface area (TPSA) is 49.2 Å².